The lowest BCUT2D eigenvalue weighted by atomic mass is 10.3. The van der Waals surface area contributed by atoms with Gasteiger partial charge in [0.05, 0.1) is 12.0 Å². The van der Waals surface area contributed by atoms with Gasteiger partial charge in [-0.2, -0.15) is 0 Å². The molecule has 116 valence electrons. The van der Waals surface area contributed by atoms with Gasteiger partial charge in [0, 0.05) is 32.2 Å². The summed E-state index contributed by atoms with van der Waals surface area (Å²) < 4.78 is 1.79. The predicted octanol–water partition coefficient (Wildman–Crippen LogP) is 2.81. The first-order valence-electron chi connectivity index (χ1n) is 7.17. The molecule has 0 saturated heterocycles. The highest BCUT2D eigenvalue weighted by molar-refractivity contribution is 6.03. The predicted molar refractivity (Wildman–Crippen MR) is 91.4 cm³/mol. The van der Waals surface area contributed by atoms with Crippen molar-refractivity contribution in [1.29, 1.82) is 0 Å². The molecule has 0 unspecified atom stereocenters. The van der Waals surface area contributed by atoms with Crippen LogP contribution in [-0.4, -0.2) is 40.6 Å². The normalized spacial score (nSPS) is 11.0. The Kier molecular flexibility index (Phi) is 4.05. The Morgan fingerprint density at radius 3 is 2.70 bits per heavy atom. The van der Waals surface area contributed by atoms with Crippen LogP contribution < -0.4 is 5.32 Å². The Balaban J connectivity index is 1.83. The number of hydrogen-bond acceptors (Lipinski definition) is 3. The highest BCUT2D eigenvalue weighted by atomic mass is 16.1. The molecule has 0 radical (unpaired) electrons. The number of para-hydroxylation sites is 1. The number of carbonyl (C=O) groups excluding carboxylic acids is 1. The lowest BCUT2D eigenvalue weighted by molar-refractivity contribution is 0.102. The molecule has 0 fully saturated rings. The molecule has 6 nitrogen and oxygen atoms in total. The van der Waals surface area contributed by atoms with Crippen molar-refractivity contribution in [3.05, 3.63) is 60.6 Å². The summed E-state index contributed by atoms with van der Waals surface area (Å²) in [4.78, 5) is 22.8. The summed E-state index contributed by atoms with van der Waals surface area (Å²) in [7, 11) is 3.82. The zero-order chi connectivity index (χ0) is 16.2. The Bertz CT molecular complexity index is 852. The first-order chi connectivity index (χ1) is 11.1. The minimum Gasteiger partial charge on any atom is -0.369 e. The van der Waals surface area contributed by atoms with Crippen LogP contribution in [0.25, 0.3) is 5.65 Å². The molecule has 0 atom stereocenters. The number of anilines is 1. The van der Waals surface area contributed by atoms with E-state index in [0.29, 0.717) is 11.3 Å². The third-order valence-electron chi connectivity index (χ3n) is 3.14. The molecule has 0 saturated carbocycles. The summed E-state index contributed by atoms with van der Waals surface area (Å²) in [6, 6.07) is 13.0. The molecule has 6 heteroatoms. The zero-order valence-electron chi connectivity index (χ0n) is 13.0. The van der Waals surface area contributed by atoms with Crippen LogP contribution >= 0.6 is 0 Å². The number of nitrogens with one attached hydrogen (secondary N) is 1. The lowest BCUT2D eigenvalue weighted by Crippen LogP contribution is -2.11. The van der Waals surface area contributed by atoms with Gasteiger partial charge in [-0.15, -0.1) is 0 Å². The zero-order valence-corrected chi connectivity index (χ0v) is 13.0. The number of rotatable bonds is 4. The van der Waals surface area contributed by atoms with Crippen LogP contribution in [-0.2, 0) is 0 Å². The highest BCUT2D eigenvalue weighted by Gasteiger charge is 2.11. The first kappa shape index (κ1) is 14.8. The molecule has 0 aliphatic rings. The third kappa shape index (κ3) is 3.55. The van der Waals surface area contributed by atoms with Crippen molar-refractivity contribution >= 4 is 29.3 Å². The maximum absolute atomic E-state index is 12.3. The molecule has 2 heterocycles. The van der Waals surface area contributed by atoms with E-state index in [9.17, 15) is 4.79 Å². The van der Waals surface area contributed by atoms with Gasteiger partial charge in [-0.05, 0) is 24.3 Å². The van der Waals surface area contributed by atoms with Crippen LogP contribution in [0.3, 0.4) is 0 Å². The quantitative estimate of drug-likeness (QED) is 0.595. The van der Waals surface area contributed by atoms with Crippen LogP contribution in [0.5, 0.6) is 0 Å². The Morgan fingerprint density at radius 2 is 1.96 bits per heavy atom. The molecule has 0 aliphatic heterocycles. The van der Waals surface area contributed by atoms with Crippen LogP contribution in [0, 0.1) is 0 Å². The summed E-state index contributed by atoms with van der Waals surface area (Å²) in [5.74, 6) is -0.238. The van der Waals surface area contributed by atoms with Gasteiger partial charge in [0.2, 0.25) is 0 Å². The van der Waals surface area contributed by atoms with E-state index in [-0.39, 0.29) is 5.91 Å². The van der Waals surface area contributed by atoms with Gasteiger partial charge in [-0.1, -0.05) is 18.2 Å². The molecule has 0 spiro atoms. The number of imidazole rings is 1. The van der Waals surface area contributed by atoms with Crippen molar-refractivity contribution in [3.63, 3.8) is 0 Å². The molecular weight excluding hydrogens is 290 g/mol. The van der Waals surface area contributed by atoms with E-state index in [1.54, 1.807) is 16.9 Å². The van der Waals surface area contributed by atoms with Crippen molar-refractivity contribution in [2.24, 2.45) is 4.99 Å². The Hall–Kier alpha value is -3.15. The van der Waals surface area contributed by atoms with Gasteiger partial charge in [0.25, 0.3) is 5.91 Å². The summed E-state index contributed by atoms with van der Waals surface area (Å²) in [5.41, 5.74) is 2.60. The number of benzene rings is 1. The van der Waals surface area contributed by atoms with Crippen LogP contribution in [0.1, 0.15) is 10.5 Å². The summed E-state index contributed by atoms with van der Waals surface area (Å²) in [6.45, 7) is 0. The number of aromatic nitrogens is 2. The van der Waals surface area contributed by atoms with Crippen molar-refractivity contribution in [1.82, 2.24) is 14.3 Å². The maximum Gasteiger partial charge on any atom is 0.275 e. The van der Waals surface area contributed by atoms with Crippen molar-refractivity contribution < 1.29 is 4.79 Å². The molecular formula is C17H17N5O. The van der Waals surface area contributed by atoms with Crippen LogP contribution in [0.15, 0.2) is 59.9 Å². The van der Waals surface area contributed by atoms with E-state index in [1.807, 2.05) is 67.7 Å². The maximum atomic E-state index is 12.3. The molecule has 0 aliphatic carbocycles. The fraction of sp³-hybridized carbons (Fsp3) is 0.118. The lowest BCUT2D eigenvalue weighted by Gasteiger charge is -2.02. The number of aliphatic imine (C=N–C) groups is 1. The van der Waals surface area contributed by atoms with Crippen molar-refractivity contribution in [3.8, 4) is 0 Å². The van der Waals surface area contributed by atoms with Crippen molar-refractivity contribution in [2.45, 2.75) is 0 Å². The number of pyridine rings is 1. The van der Waals surface area contributed by atoms with E-state index in [1.165, 1.54) is 0 Å². The van der Waals surface area contributed by atoms with Gasteiger partial charge in [0.15, 0.2) is 0 Å². The highest BCUT2D eigenvalue weighted by Crippen LogP contribution is 2.15. The van der Waals surface area contributed by atoms with E-state index in [2.05, 4.69) is 15.3 Å². The second-order valence-corrected chi connectivity index (χ2v) is 5.31. The fourth-order valence-corrected chi connectivity index (χ4v) is 2.06. The fourth-order valence-electron chi connectivity index (χ4n) is 2.06. The summed E-state index contributed by atoms with van der Waals surface area (Å²) >= 11 is 0. The van der Waals surface area contributed by atoms with Gasteiger partial charge >= 0.3 is 0 Å². The minimum absolute atomic E-state index is 0.238. The minimum atomic E-state index is -0.238. The largest absolute Gasteiger partial charge is 0.369 e. The Labute approximate surface area is 134 Å². The van der Waals surface area contributed by atoms with E-state index < -0.39 is 0 Å². The molecule has 3 rings (SSSR count). The number of nitrogens with zero attached hydrogens (tertiary/aromatic N) is 4. The summed E-state index contributed by atoms with van der Waals surface area (Å²) in [6.07, 6.45) is 5.25. The number of carbonyl (C=O) groups is 1. The molecule has 1 N–H and O–H groups in total. The number of hydrogen-bond donors (Lipinski definition) is 1. The van der Waals surface area contributed by atoms with Gasteiger partial charge < -0.3 is 14.6 Å². The average molecular weight is 307 g/mol. The van der Waals surface area contributed by atoms with Crippen LogP contribution in [0.4, 0.5) is 11.4 Å². The third-order valence-corrected chi connectivity index (χ3v) is 3.14. The smallest absolute Gasteiger partial charge is 0.275 e. The molecule has 1 aromatic carbocycles. The van der Waals surface area contributed by atoms with Crippen molar-refractivity contribution in [2.75, 3.05) is 19.4 Å². The van der Waals surface area contributed by atoms with Crippen LogP contribution in [0.2, 0.25) is 0 Å². The Morgan fingerprint density at radius 1 is 1.17 bits per heavy atom. The van der Waals surface area contributed by atoms with Gasteiger partial charge in [-0.25, -0.2) is 9.98 Å². The molecule has 2 aromatic heterocycles. The van der Waals surface area contributed by atoms with E-state index >= 15 is 0 Å². The number of fused-ring (bicyclic) bond motifs is 1. The van der Waals surface area contributed by atoms with E-state index in [0.717, 1.165) is 11.4 Å². The standard InChI is InChI=1S/C17H17N5O/c1-21(2)12-18-14-8-9-16-20-15(11-22(16)10-14)17(23)19-13-6-4-3-5-7-13/h3-12H,1-2H3,(H,19,23)/b18-12+. The molecule has 23 heavy (non-hydrogen) atoms. The molecule has 1 amide bonds. The first-order valence-corrected chi connectivity index (χ1v) is 7.17. The average Bonchev–Trinajstić information content (AvgIpc) is 2.97. The van der Waals surface area contributed by atoms with E-state index in [4.69, 9.17) is 0 Å². The topological polar surface area (TPSA) is 62.0 Å². The van der Waals surface area contributed by atoms with Gasteiger partial charge in [-0.3, -0.25) is 4.79 Å². The summed E-state index contributed by atoms with van der Waals surface area (Å²) in [5, 5.41) is 2.82. The molecule has 3 aromatic rings. The monoisotopic (exact) mass is 307 g/mol. The SMILES string of the molecule is CN(C)/C=N/c1ccc2nc(C(=O)Nc3ccccc3)cn2c1. The second-order valence-electron chi connectivity index (χ2n) is 5.31. The second kappa shape index (κ2) is 6.31. The molecule has 0 bridgehead atoms. The number of amides is 1. The van der Waals surface area contributed by atoms with Gasteiger partial charge in [0.1, 0.15) is 11.3 Å².